The second kappa shape index (κ2) is 7.95. The first-order valence-electron chi connectivity index (χ1n) is 9.90. The van der Waals surface area contributed by atoms with Gasteiger partial charge in [-0.25, -0.2) is 8.42 Å². The average Bonchev–Trinajstić information content (AvgIpc) is 2.74. The number of carbonyl (C=O) groups is 1. The molecule has 1 heterocycles. The highest BCUT2D eigenvalue weighted by Gasteiger charge is 2.24. The van der Waals surface area contributed by atoms with Crippen LogP contribution in [0.3, 0.4) is 0 Å². The van der Waals surface area contributed by atoms with Crippen molar-refractivity contribution in [3.63, 3.8) is 0 Å². The predicted molar refractivity (Wildman–Crippen MR) is 118 cm³/mol. The van der Waals surface area contributed by atoms with Crippen molar-refractivity contribution in [3.05, 3.63) is 94.5 Å². The molecule has 4 rings (SSSR count). The van der Waals surface area contributed by atoms with Crippen LogP contribution in [0.15, 0.2) is 71.6 Å². The summed E-state index contributed by atoms with van der Waals surface area (Å²) >= 11 is 0. The van der Waals surface area contributed by atoms with Crippen LogP contribution in [0.1, 0.15) is 32.6 Å². The Balaban J connectivity index is 1.60. The molecule has 0 aromatic heterocycles. The lowest BCUT2D eigenvalue weighted by Gasteiger charge is -2.29. The number of fused-ring (bicyclic) bond motifs is 1. The molecule has 1 aliphatic heterocycles. The van der Waals surface area contributed by atoms with Crippen LogP contribution in [0.2, 0.25) is 0 Å². The average molecular weight is 421 g/mol. The van der Waals surface area contributed by atoms with E-state index in [9.17, 15) is 13.2 Å². The van der Waals surface area contributed by atoms with Gasteiger partial charge in [-0.1, -0.05) is 48.0 Å². The van der Waals surface area contributed by atoms with E-state index in [1.807, 2.05) is 37.3 Å². The maximum Gasteiger partial charge on any atom is 0.262 e. The summed E-state index contributed by atoms with van der Waals surface area (Å²) in [6.45, 7) is 4.83. The summed E-state index contributed by atoms with van der Waals surface area (Å²) < 4.78 is 28.6. The molecule has 30 heavy (non-hydrogen) atoms. The van der Waals surface area contributed by atoms with Crippen molar-refractivity contribution in [1.29, 1.82) is 0 Å². The van der Waals surface area contributed by atoms with Crippen LogP contribution in [-0.2, 0) is 23.0 Å². The third-order valence-electron chi connectivity index (χ3n) is 5.45. The molecule has 0 saturated carbocycles. The molecule has 0 aliphatic carbocycles. The fourth-order valence-corrected chi connectivity index (χ4v) is 5.04. The Morgan fingerprint density at radius 2 is 1.63 bits per heavy atom. The molecule has 3 aromatic carbocycles. The molecule has 0 unspecified atom stereocenters. The van der Waals surface area contributed by atoms with E-state index in [1.165, 1.54) is 11.6 Å². The van der Waals surface area contributed by atoms with Crippen LogP contribution >= 0.6 is 0 Å². The van der Waals surface area contributed by atoms with Crippen LogP contribution in [0, 0.1) is 13.8 Å². The number of hydrogen-bond donors (Lipinski definition) is 1. The Morgan fingerprint density at radius 1 is 0.933 bits per heavy atom. The SMILES string of the molecule is Cc1ccc(NS(=O)(=O)c2cc(C(=O)N3CCc4ccccc4C3)ccc2C)cc1. The van der Waals surface area contributed by atoms with Crippen LogP contribution in [-0.4, -0.2) is 25.8 Å². The predicted octanol–water partition coefficient (Wildman–Crippen LogP) is 4.30. The van der Waals surface area contributed by atoms with Gasteiger partial charge in [0.2, 0.25) is 0 Å². The molecule has 5 nitrogen and oxygen atoms in total. The van der Waals surface area contributed by atoms with E-state index in [4.69, 9.17) is 0 Å². The molecule has 0 bridgehead atoms. The number of anilines is 1. The Labute approximate surface area is 177 Å². The first-order chi connectivity index (χ1) is 14.3. The highest BCUT2D eigenvalue weighted by Crippen LogP contribution is 2.24. The molecular formula is C24H24N2O3S. The quantitative estimate of drug-likeness (QED) is 0.684. The highest BCUT2D eigenvalue weighted by atomic mass is 32.2. The first-order valence-corrected chi connectivity index (χ1v) is 11.4. The Morgan fingerprint density at radius 3 is 2.37 bits per heavy atom. The minimum atomic E-state index is -3.81. The molecule has 0 atom stereocenters. The van der Waals surface area contributed by atoms with Gasteiger partial charge in [-0.05, 0) is 61.2 Å². The lowest BCUT2D eigenvalue weighted by molar-refractivity contribution is 0.0734. The fourth-order valence-electron chi connectivity index (χ4n) is 3.71. The largest absolute Gasteiger partial charge is 0.334 e. The van der Waals surface area contributed by atoms with Gasteiger partial charge in [-0.2, -0.15) is 0 Å². The van der Waals surface area contributed by atoms with Crippen LogP contribution in [0.4, 0.5) is 5.69 Å². The number of sulfonamides is 1. The van der Waals surface area contributed by atoms with E-state index in [0.717, 1.165) is 17.5 Å². The Bertz CT molecular complexity index is 1200. The summed E-state index contributed by atoms with van der Waals surface area (Å²) in [5.74, 6) is -0.156. The smallest absolute Gasteiger partial charge is 0.262 e. The molecule has 1 N–H and O–H groups in total. The summed E-state index contributed by atoms with van der Waals surface area (Å²) in [5.41, 5.74) is 4.91. The highest BCUT2D eigenvalue weighted by molar-refractivity contribution is 7.92. The maximum absolute atomic E-state index is 13.1. The molecule has 0 radical (unpaired) electrons. The standard InChI is InChI=1S/C24H24N2O3S/c1-17-7-11-22(12-8-17)25-30(28,29)23-15-20(10-9-18(23)2)24(27)26-14-13-19-5-3-4-6-21(19)16-26/h3-12,15,25H,13-14,16H2,1-2H3. The van der Waals surface area contributed by atoms with E-state index in [2.05, 4.69) is 10.8 Å². The molecular weight excluding hydrogens is 396 g/mol. The monoisotopic (exact) mass is 420 g/mol. The number of nitrogens with one attached hydrogen (secondary N) is 1. The number of amides is 1. The zero-order valence-corrected chi connectivity index (χ0v) is 17.9. The van der Waals surface area contributed by atoms with Gasteiger partial charge in [0.25, 0.3) is 15.9 Å². The molecule has 3 aromatic rings. The fraction of sp³-hybridized carbons (Fsp3) is 0.208. The van der Waals surface area contributed by atoms with Crippen molar-refractivity contribution >= 4 is 21.6 Å². The van der Waals surface area contributed by atoms with Gasteiger partial charge < -0.3 is 4.90 Å². The van der Waals surface area contributed by atoms with Gasteiger partial charge in [0, 0.05) is 24.3 Å². The molecule has 1 aliphatic rings. The number of benzene rings is 3. The summed E-state index contributed by atoms with van der Waals surface area (Å²) in [4.78, 5) is 15.0. The minimum Gasteiger partial charge on any atom is -0.334 e. The summed E-state index contributed by atoms with van der Waals surface area (Å²) in [6.07, 6.45) is 0.800. The van der Waals surface area contributed by atoms with E-state index < -0.39 is 10.0 Å². The lowest BCUT2D eigenvalue weighted by Crippen LogP contribution is -2.36. The van der Waals surface area contributed by atoms with Crippen molar-refractivity contribution in [2.45, 2.75) is 31.7 Å². The topological polar surface area (TPSA) is 66.5 Å². The van der Waals surface area contributed by atoms with E-state index in [1.54, 1.807) is 36.1 Å². The van der Waals surface area contributed by atoms with Crippen molar-refractivity contribution in [1.82, 2.24) is 4.90 Å². The molecule has 0 fully saturated rings. The molecule has 0 saturated heterocycles. The third-order valence-corrected chi connectivity index (χ3v) is 6.97. The van der Waals surface area contributed by atoms with Gasteiger partial charge in [-0.15, -0.1) is 0 Å². The number of hydrogen-bond acceptors (Lipinski definition) is 3. The van der Waals surface area contributed by atoms with Crippen LogP contribution < -0.4 is 4.72 Å². The number of nitrogens with zero attached hydrogens (tertiary/aromatic N) is 1. The lowest BCUT2D eigenvalue weighted by atomic mass is 9.99. The normalized spacial score (nSPS) is 13.6. The maximum atomic E-state index is 13.1. The van der Waals surface area contributed by atoms with Gasteiger partial charge >= 0.3 is 0 Å². The zero-order chi connectivity index (χ0) is 21.3. The van der Waals surface area contributed by atoms with Gasteiger partial charge in [-0.3, -0.25) is 9.52 Å². The number of rotatable bonds is 4. The van der Waals surface area contributed by atoms with Gasteiger partial charge in [0.15, 0.2) is 0 Å². The second-order valence-corrected chi connectivity index (χ2v) is 9.35. The summed E-state index contributed by atoms with van der Waals surface area (Å²) in [5, 5.41) is 0. The molecule has 6 heteroatoms. The number of aryl methyl sites for hydroxylation is 2. The van der Waals surface area contributed by atoms with E-state index in [-0.39, 0.29) is 10.8 Å². The Kier molecular flexibility index (Phi) is 5.35. The summed E-state index contributed by atoms with van der Waals surface area (Å²) in [6, 6.07) is 20.1. The molecule has 0 spiro atoms. The van der Waals surface area contributed by atoms with E-state index >= 15 is 0 Å². The van der Waals surface area contributed by atoms with Gasteiger partial charge in [0.05, 0.1) is 4.90 Å². The second-order valence-electron chi connectivity index (χ2n) is 7.70. The van der Waals surface area contributed by atoms with Crippen LogP contribution in [0.25, 0.3) is 0 Å². The first kappa shape index (κ1) is 20.2. The molecule has 154 valence electrons. The van der Waals surface area contributed by atoms with Gasteiger partial charge in [0.1, 0.15) is 0 Å². The van der Waals surface area contributed by atoms with Crippen molar-refractivity contribution in [3.8, 4) is 0 Å². The van der Waals surface area contributed by atoms with Crippen molar-refractivity contribution in [2.75, 3.05) is 11.3 Å². The minimum absolute atomic E-state index is 0.117. The van der Waals surface area contributed by atoms with Crippen molar-refractivity contribution < 1.29 is 13.2 Å². The van der Waals surface area contributed by atoms with E-state index in [0.29, 0.717) is 29.9 Å². The number of carbonyl (C=O) groups excluding carboxylic acids is 1. The van der Waals surface area contributed by atoms with Crippen molar-refractivity contribution in [2.24, 2.45) is 0 Å². The third kappa shape index (κ3) is 4.09. The zero-order valence-electron chi connectivity index (χ0n) is 17.1. The summed E-state index contributed by atoms with van der Waals surface area (Å²) in [7, 11) is -3.81. The molecule has 1 amide bonds. The van der Waals surface area contributed by atoms with Crippen LogP contribution in [0.5, 0.6) is 0 Å². The Hall–Kier alpha value is -3.12.